The molecule has 1 aliphatic carbocycles. The van der Waals surface area contributed by atoms with Crippen molar-refractivity contribution in [3.8, 4) is 0 Å². The average Bonchev–Trinajstić information content (AvgIpc) is 3.23. The van der Waals surface area contributed by atoms with Crippen LogP contribution in [0, 0.1) is 6.92 Å². The van der Waals surface area contributed by atoms with Gasteiger partial charge in [-0.25, -0.2) is 12.7 Å². The van der Waals surface area contributed by atoms with Crippen LogP contribution in [0.25, 0.3) is 6.08 Å². The standard InChI is InChI=1S/C26H23N3O2S/c1-19-12-15-23(16-13-19)32(30,31)29(22-10-6-3-7-11-22)26-24-17-14-21(18-25(24)27-28-26)20-8-4-2-5-9-20/h2-17,21H,18H2,1H3,(H,27,28). The van der Waals surface area contributed by atoms with E-state index in [0.717, 1.165) is 23.2 Å². The highest BCUT2D eigenvalue weighted by Crippen LogP contribution is 2.38. The van der Waals surface area contributed by atoms with Crippen molar-refractivity contribution in [1.29, 1.82) is 0 Å². The lowest BCUT2D eigenvalue weighted by Gasteiger charge is -2.24. The van der Waals surface area contributed by atoms with Crippen LogP contribution in [0.4, 0.5) is 11.5 Å². The molecule has 1 unspecified atom stereocenters. The zero-order valence-corrected chi connectivity index (χ0v) is 18.5. The molecule has 1 atom stereocenters. The van der Waals surface area contributed by atoms with Crippen molar-refractivity contribution in [3.05, 3.63) is 113 Å². The summed E-state index contributed by atoms with van der Waals surface area (Å²) in [5.41, 5.74) is 4.49. The molecule has 5 rings (SSSR count). The van der Waals surface area contributed by atoms with Gasteiger partial charge in [-0.1, -0.05) is 78.4 Å². The molecule has 160 valence electrons. The summed E-state index contributed by atoms with van der Waals surface area (Å²) in [7, 11) is -3.88. The maximum atomic E-state index is 13.8. The Hall–Kier alpha value is -3.64. The zero-order chi connectivity index (χ0) is 22.1. The summed E-state index contributed by atoms with van der Waals surface area (Å²) in [6.45, 7) is 1.93. The predicted molar refractivity (Wildman–Crippen MR) is 127 cm³/mol. The Morgan fingerprint density at radius 2 is 1.56 bits per heavy atom. The molecule has 0 radical (unpaired) electrons. The second-order valence-corrected chi connectivity index (χ2v) is 9.72. The largest absolute Gasteiger partial charge is 0.280 e. The second-order valence-electron chi connectivity index (χ2n) is 7.94. The third kappa shape index (κ3) is 3.63. The van der Waals surface area contributed by atoms with E-state index in [1.54, 1.807) is 36.4 Å². The summed E-state index contributed by atoms with van der Waals surface area (Å²) < 4.78 is 28.9. The van der Waals surface area contributed by atoms with Gasteiger partial charge in [0.2, 0.25) is 0 Å². The first-order valence-corrected chi connectivity index (χ1v) is 12.0. The lowest BCUT2D eigenvalue weighted by Crippen LogP contribution is -2.27. The minimum Gasteiger partial charge on any atom is -0.280 e. The van der Waals surface area contributed by atoms with Crippen LogP contribution in [-0.4, -0.2) is 18.6 Å². The molecule has 0 saturated heterocycles. The third-order valence-electron chi connectivity index (χ3n) is 5.75. The number of para-hydroxylation sites is 1. The van der Waals surface area contributed by atoms with Crippen LogP contribution in [0.5, 0.6) is 0 Å². The molecule has 0 amide bonds. The molecule has 0 aliphatic heterocycles. The van der Waals surface area contributed by atoms with Crippen LogP contribution in [0.3, 0.4) is 0 Å². The number of aromatic amines is 1. The Labute approximate surface area is 188 Å². The van der Waals surface area contributed by atoms with Crippen molar-refractivity contribution >= 4 is 27.6 Å². The molecular formula is C26H23N3O2S. The number of nitrogens with zero attached hydrogens (tertiary/aromatic N) is 2. The number of hydrogen-bond acceptors (Lipinski definition) is 3. The quantitative estimate of drug-likeness (QED) is 0.438. The van der Waals surface area contributed by atoms with Crippen LogP contribution < -0.4 is 4.31 Å². The van der Waals surface area contributed by atoms with Crippen LogP contribution in [0.2, 0.25) is 0 Å². The molecule has 1 aromatic heterocycles. The predicted octanol–water partition coefficient (Wildman–Crippen LogP) is 5.60. The van der Waals surface area contributed by atoms with E-state index in [1.807, 2.05) is 49.4 Å². The molecule has 0 fully saturated rings. The number of benzene rings is 3. The Bertz CT molecular complexity index is 1360. The van der Waals surface area contributed by atoms with Gasteiger partial charge in [-0.05, 0) is 36.8 Å². The fraction of sp³-hybridized carbons (Fsp3) is 0.115. The molecule has 1 aliphatic rings. The maximum absolute atomic E-state index is 13.8. The number of fused-ring (bicyclic) bond motifs is 1. The molecule has 32 heavy (non-hydrogen) atoms. The summed E-state index contributed by atoms with van der Waals surface area (Å²) in [5.74, 6) is 0.602. The monoisotopic (exact) mass is 441 g/mol. The van der Waals surface area contributed by atoms with E-state index in [4.69, 9.17) is 0 Å². The van der Waals surface area contributed by atoms with Gasteiger partial charge in [-0.2, -0.15) is 5.10 Å². The number of H-pyrrole nitrogens is 1. The molecule has 0 bridgehead atoms. The molecule has 1 heterocycles. The van der Waals surface area contributed by atoms with E-state index in [9.17, 15) is 8.42 Å². The van der Waals surface area contributed by atoms with E-state index < -0.39 is 10.0 Å². The number of anilines is 2. The number of hydrogen-bond donors (Lipinski definition) is 1. The number of aromatic nitrogens is 2. The van der Waals surface area contributed by atoms with E-state index in [-0.39, 0.29) is 10.8 Å². The summed E-state index contributed by atoms with van der Waals surface area (Å²) in [4.78, 5) is 0.227. The average molecular weight is 442 g/mol. The maximum Gasteiger partial charge on any atom is 0.269 e. The topological polar surface area (TPSA) is 66.1 Å². The lowest BCUT2D eigenvalue weighted by molar-refractivity contribution is 0.595. The first kappa shape index (κ1) is 20.3. The normalized spacial score (nSPS) is 15.3. The molecule has 5 nitrogen and oxygen atoms in total. The third-order valence-corrected chi connectivity index (χ3v) is 7.48. The molecule has 1 N–H and O–H groups in total. The van der Waals surface area contributed by atoms with Crippen molar-refractivity contribution in [1.82, 2.24) is 10.2 Å². The van der Waals surface area contributed by atoms with E-state index in [2.05, 4.69) is 28.4 Å². The first-order valence-electron chi connectivity index (χ1n) is 10.5. The number of sulfonamides is 1. The summed E-state index contributed by atoms with van der Waals surface area (Å²) in [6, 6.07) is 26.3. The zero-order valence-electron chi connectivity index (χ0n) is 17.6. The van der Waals surface area contributed by atoms with Gasteiger partial charge < -0.3 is 0 Å². The highest BCUT2D eigenvalue weighted by atomic mass is 32.2. The number of allylic oxidation sites excluding steroid dienone is 1. The molecule has 0 saturated carbocycles. The van der Waals surface area contributed by atoms with Crippen molar-refractivity contribution in [2.24, 2.45) is 0 Å². The Balaban J connectivity index is 1.60. The van der Waals surface area contributed by atoms with E-state index in [1.165, 1.54) is 9.87 Å². The molecule has 3 aromatic carbocycles. The minimum atomic E-state index is -3.88. The number of rotatable bonds is 5. The Kier molecular flexibility index (Phi) is 5.15. The van der Waals surface area contributed by atoms with Crippen molar-refractivity contribution < 1.29 is 8.42 Å². The molecule has 4 aromatic rings. The van der Waals surface area contributed by atoms with Crippen molar-refractivity contribution in [2.45, 2.75) is 24.2 Å². The van der Waals surface area contributed by atoms with Gasteiger partial charge >= 0.3 is 0 Å². The fourth-order valence-corrected chi connectivity index (χ4v) is 5.50. The minimum absolute atomic E-state index is 0.218. The molecular weight excluding hydrogens is 418 g/mol. The van der Waals surface area contributed by atoms with Crippen LogP contribution in [0.1, 0.15) is 28.3 Å². The van der Waals surface area contributed by atoms with Crippen molar-refractivity contribution in [2.75, 3.05) is 4.31 Å². The van der Waals surface area contributed by atoms with Crippen LogP contribution in [-0.2, 0) is 16.4 Å². The van der Waals surface area contributed by atoms with E-state index in [0.29, 0.717) is 11.5 Å². The van der Waals surface area contributed by atoms with Crippen molar-refractivity contribution in [3.63, 3.8) is 0 Å². The molecule has 6 heteroatoms. The van der Waals surface area contributed by atoms with Gasteiger partial charge in [-0.15, -0.1) is 0 Å². The van der Waals surface area contributed by atoms with Crippen LogP contribution >= 0.6 is 0 Å². The SMILES string of the molecule is Cc1ccc(S(=O)(=O)N(c2ccccc2)c2n[nH]c3c2C=CC(c2ccccc2)C3)cc1. The number of nitrogens with one attached hydrogen (secondary N) is 1. The Morgan fingerprint density at radius 1 is 0.906 bits per heavy atom. The summed E-state index contributed by atoms with van der Waals surface area (Å²) >= 11 is 0. The van der Waals surface area contributed by atoms with E-state index >= 15 is 0 Å². The first-order chi connectivity index (χ1) is 15.5. The van der Waals surface area contributed by atoms with Crippen LogP contribution in [0.15, 0.2) is 95.9 Å². The fourth-order valence-electron chi connectivity index (χ4n) is 4.04. The van der Waals surface area contributed by atoms with Gasteiger partial charge in [0.15, 0.2) is 5.82 Å². The smallest absolute Gasteiger partial charge is 0.269 e. The summed E-state index contributed by atoms with van der Waals surface area (Å²) in [5, 5.41) is 7.58. The van der Waals surface area contributed by atoms with Gasteiger partial charge in [0.25, 0.3) is 10.0 Å². The second kappa shape index (κ2) is 8.13. The Morgan fingerprint density at radius 3 is 2.25 bits per heavy atom. The van der Waals surface area contributed by atoms with Gasteiger partial charge in [0.05, 0.1) is 10.6 Å². The molecule has 0 spiro atoms. The lowest BCUT2D eigenvalue weighted by atomic mass is 9.88. The van der Waals surface area contributed by atoms with Gasteiger partial charge in [-0.3, -0.25) is 5.10 Å². The summed E-state index contributed by atoms with van der Waals surface area (Å²) in [6.07, 6.45) is 4.84. The van der Waals surface area contributed by atoms with Gasteiger partial charge in [0, 0.05) is 23.6 Å². The number of aryl methyl sites for hydroxylation is 1. The van der Waals surface area contributed by atoms with Gasteiger partial charge in [0.1, 0.15) is 0 Å². The highest BCUT2D eigenvalue weighted by Gasteiger charge is 2.32. The highest BCUT2D eigenvalue weighted by molar-refractivity contribution is 7.93.